The number of nitrogen functional groups attached to an aromatic ring is 1. The van der Waals surface area contributed by atoms with Gasteiger partial charge in [-0.2, -0.15) is 0 Å². The molecule has 2 rings (SSSR count). The number of fused-ring (bicyclic) bond motifs is 1. The number of carbonyl (C=O) groups is 1. The molecule has 0 spiro atoms. The molecule has 0 aliphatic carbocycles. The summed E-state index contributed by atoms with van der Waals surface area (Å²) >= 11 is 0. The molecule has 0 saturated carbocycles. The quantitative estimate of drug-likeness (QED) is 0.642. The average Bonchev–Trinajstić information content (AvgIpc) is 2.45. The highest BCUT2D eigenvalue weighted by atomic mass is 16.2. The van der Waals surface area contributed by atoms with E-state index in [0.717, 1.165) is 24.2 Å². The fourth-order valence-electron chi connectivity index (χ4n) is 2.24. The van der Waals surface area contributed by atoms with Crippen molar-refractivity contribution in [1.82, 2.24) is 0 Å². The molecule has 1 aliphatic heterocycles. The Labute approximate surface area is 108 Å². The number of carbonyl (C=O) groups excluding carboxylic acids is 1. The van der Waals surface area contributed by atoms with E-state index in [1.807, 2.05) is 36.9 Å². The van der Waals surface area contributed by atoms with Crippen LogP contribution in [0.2, 0.25) is 0 Å². The zero-order valence-corrected chi connectivity index (χ0v) is 11.1. The van der Waals surface area contributed by atoms with Crippen LogP contribution in [-0.4, -0.2) is 12.5 Å². The third kappa shape index (κ3) is 2.73. The number of anilines is 2. The van der Waals surface area contributed by atoms with Crippen LogP contribution in [0.3, 0.4) is 0 Å². The van der Waals surface area contributed by atoms with E-state index in [1.165, 1.54) is 11.1 Å². The summed E-state index contributed by atoms with van der Waals surface area (Å²) in [4.78, 5) is 14.0. The van der Waals surface area contributed by atoms with Crippen molar-refractivity contribution in [3.05, 3.63) is 35.4 Å². The Hall–Kier alpha value is -1.77. The molecule has 2 N–H and O–H groups in total. The van der Waals surface area contributed by atoms with Gasteiger partial charge >= 0.3 is 0 Å². The summed E-state index contributed by atoms with van der Waals surface area (Å²) in [5.41, 5.74) is 10.0. The summed E-state index contributed by atoms with van der Waals surface area (Å²) in [5.74, 6) is 0.205. The van der Waals surface area contributed by atoms with Gasteiger partial charge in [0.05, 0.1) is 0 Å². The van der Waals surface area contributed by atoms with Gasteiger partial charge in [0, 0.05) is 24.3 Å². The van der Waals surface area contributed by atoms with E-state index >= 15 is 0 Å². The SMILES string of the molecule is CC(C)=CCN1C(=O)CCCc2cc(N)ccc21. The number of allylic oxidation sites excluding steroid dienone is 1. The van der Waals surface area contributed by atoms with E-state index in [1.54, 1.807) is 0 Å². The third-order valence-corrected chi connectivity index (χ3v) is 3.21. The van der Waals surface area contributed by atoms with Crippen LogP contribution < -0.4 is 10.6 Å². The maximum absolute atomic E-state index is 12.1. The predicted molar refractivity (Wildman–Crippen MR) is 75.6 cm³/mol. The smallest absolute Gasteiger partial charge is 0.227 e. The number of nitrogens with zero attached hydrogens (tertiary/aromatic N) is 1. The molecular formula is C15H20N2O. The van der Waals surface area contributed by atoms with Crippen molar-refractivity contribution in [1.29, 1.82) is 0 Å². The van der Waals surface area contributed by atoms with Crippen molar-refractivity contribution in [2.24, 2.45) is 0 Å². The minimum atomic E-state index is 0.205. The van der Waals surface area contributed by atoms with Crippen molar-refractivity contribution >= 4 is 17.3 Å². The Balaban J connectivity index is 2.37. The lowest BCUT2D eigenvalue weighted by Gasteiger charge is -2.22. The van der Waals surface area contributed by atoms with E-state index in [-0.39, 0.29) is 5.91 Å². The van der Waals surface area contributed by atoms with Gasteiger partial charge in [-0.05, 0) is 50.5 Å². The van der Waals surface area contributed by atoms with Gasteiger partial charge in [-0.15, -0.1) is 0 Å². The molecule has 0 radical (unpaired) electrons. The van der Waals surface area contributed by atoms with Gasteiger partial charge in [0.1, 0.15) is 0 Å². The Bertz CT molecular complexity index is 487. The van der Waals surface area contributed by atoms with Crippen LogP contribution in [0.4, 0.5) is 11.4 Å². The standard InChI is InChI=1S/C15H20N2O/c1-11(2)8-9-17-14-7-6-13(16)10-12(14)4-3-5-15(17)18/h6-8,10H,3-5,9,16H2,1-2H3. The highest BCUT2D eigenvalue weighted by Crippen LogP contribution is 2.28. The first-order valence-electron chi connectivity index (χ1n) is 6.40. The topological polar surface area (TPSA) is 46.3 Å². The summed E-state index contributed by atoms with van der Waals surface area (Å²) in [6.45, 7) is 4.75. The molecule has 1 heterocycles. The Morgan fingerprint density at radius 3 is 2.89 bits per heavy atom. The van der Waals surface area contributed by atoms with Crippen LogP contribution in [0.5, 0.6) is 0 Å². The maximum Gasteiger partial charge on any atom is 0.227 e. The molecule has 0 bridgehead atoms. The molecule has 0 fully saturated rings. The first-order chi connectivity index (χ1) is 8.58. The van der Waals surface area contributed by atoms with Crippen LogP contribution >= 0.6 is 0 Å². The van der Waals surface area contributed by atoms with Crippen molar-refractivity contribution in [2.45, 2.75) is 33.1 Å². The van der Waals surface area contributed by atoms with Gasteiger partial charge in [0.25, 0.3) is 0 Å². The van der Waals surface area contributed by atoms with Crippen molar-refractivity contribution < 1.29 is 4.79 Å². The molecule has 96 valence electrons. The third-order valence-electron chi connectivity index (χ3n) is 3.21. The normalized spacial score (nSPS) is 15.0. The van der Waals surface area contributed by atoms with Crippen LogP contribution in [0, 0.1) is 0 Å². The van der Waals surface area contributed by atoms with E-state index in [9.17, 15) is 4.79 Å². The molecule has 0 aromatic heterocycles. The van der Waals surface area contributed by atoms with E-state index in [4.69, 9.17) is 5.73 Å². The fraction of sp³-hybridized carbons (Fsp3) is 0.400. The lowest BCUT2D eigenvalue weighted by atomic mass is 10.1. The maximum atomic E-state index is 12.1. The number of benzene rings is 1. The van der Waals surface area contributed by atoms with Gasteiger partial charge in [-0.3, -0.25) is 4.79 Å². The first-order valence-corrected chi connectivity index (χ1v) is 6.40. The zero-order valence-electron chi connectivity index (χ0n) is 11.1. The molecule has 18 heavy (non-hydrogen) atoms. The van der Waals surface area contributed by atoms with Gasteiger partial charge < -0.3 is 10.6 Å². The summed E-state index contributed by atoms with van der Waals surface area (Å²) in [7, 11) is 0. The summed E-state index contributed by atoms with van der Waals surface area (Å²) in [5, 5.41) is 0. The number of nitrogens with two attached hydrogens (primary N) is 1. The molecule has 1 aromatic carbocycles. The number of hydrogen-bond acceptors (Lipinski definition) is 2. The highest BCUT2D eigenvalue weighted by molar-refractivity contribution is 5.95. The fourth-order valence-corrected chi connectivity index (χ4v) is 2.24. The molecule has 0 unspecified atom stereocenters. The van der Waals surface area contributed by atoms with Crippen LogP contribution in [0.15, 0.2) is 29.8 Å². The second-order valence-corrected chi connectivity index (χ2v) is 5.03. The summed E-state index contributed by atoms with van der Waals surface area (Å²) in [6.07, 6.45) is 4.53. The van der Waals surface area contributed by atoms with Gasteiger partial charge in [0.2, 0.25) is 5.91 Å². The molecule has 1 amide bonds. The van der Waals surface area contributed by atoms with Crippen molar-refractivity contribution in [3.8, 4) is 0 Å². The van der Waals surface area contributed by atoms with Crippen LogP contribution in [0.1, 0.15) is 32.3 Å². The second-order valence-electron chi connectivity index (χ2n) is 5.03. The molecule has 0 saturated heterocycles. The Morgan fingerprint density at radius 1 is 1.39 bits per heavy atom. The van der Waals surface area contributed by atoms with Crippen molar-refractivity contribution in [2.75, 3.05) is 17.2 Å². The largest absolute Gasteiger partial charge is 0.399 e. The Morgan fingerprint density at radius 2 is 2.17 bits per heavy atom. The molecular weight excluding hydrogens is 224 g/mol. The van der Waals surface area contributed by atoms with E-state index in [0.29, 0.717) is 13.0 Å². The predicted octanol–water partition coefficient (Wildman–Crippen LogP) is 2.90. The van der Waals surface area contributed by atoms with Gasteiger partial charge in [0.15, 0.2) is 0 Å². The zero-order chi connectivity index (χ0) is 13.1. The molecule has 3 nitrogen and oxygen atoms in total. The number of amides is 1. The van der Waals surface area contributed by atoms with Crippen LogP contribution in [-0.2, 0) is 11.2 Å². The first kappa shape index (κ1) is 12.7. The highest BCUT2D eigenvalue weighted by Gasteiger charge is 2.21. The molecule has 0 atom stereocenters. The second kappa shape index (κ2) is 5.25. The monoisotopic (exact) mass is 244 g/mol. The molecule has 1 aliphatic rings. The lowest BCUT2D eigenvalue weighted by Crippen LogP contribution is -2.30. The number of hydrogen-bond donors (Lipinski definition) is 1. The van der Waals surface area contributed by atoms with Crippen molar-refractivity contribution in [3.63, 3.8) is 0 Å². The van der Waals surface area contributed by atoms with E-state index < -0.39 is 0 Å². The molecule has 1 aromatic rings. The summed E-state index contributed by atoms with van der Waals surface area (Å²) in [6, 6.07) is 5.82. The van der Waals surface area contributed by atoms with Crippen LogP contribution in [0.25, 0.3) is 0 Å². The van der Waals surface area contributed by atoms with Gasteiger partial charge in [-0.25, -0.2) is 0 Å². The van der Waals surface area contributed by atoms with Gasteiger partial charge in [-0.1, -0.05) is 11.6 Å². The minimum absolute atomic E-state index is 0.205. The average molecular weight is 244 g/mol. The molecule has 3 heteroatoms. The van der Waals surface area contributed by atoms with E-state index in [2.05, 4.69) is 6.08 Å². The number of rotatable bonds is 2. The lowest BCUT2D eigenvalue weighted by molar-refractivity contribution is -0.118. The minimum Gasteiger partial charge on any atom is -0.399 e. The summed E-state index contributed by atoms with van der Waals surface area (Å²) < 4.78 is 0. The number of aryl methyl sites for hydroxylation is 1. The Kier molecular flexibility index (Phi) is 3.70.